The van der Waals surface area contributed by atoms with Crippen LogP contribution in [0, 0.1) is 0 Å². The number of halogens is 2. The molecular formula is C13H15F2NO3. The van der Waals surface area contributed by atoms with Crippen molar-refractivity contribution in [1.82, 2.24) is 5.06 Å². The molecule has 1 aliphatic heterocycles. The maximum absolute atomic E-state index is 13.4. The highest BCUT2D eigenvalue weighted by Crippen LogP contribution is 2.19. The summed E-state index contributed by atoms with van der Waals surface area (Å²) < 4.78 is 31.6. The van der Waals surface area contributed by atoms with Gasteiger partial charge in [0.15, 0.2) is 0 Å². The van der Waals surface area contributed by atoms with Crippen molar-refractivity contribution in [2.75, 3.05) is 13.2 Å². The number of morpholine rings is 1. The topological polar surface area (TPSA) is 38.8 Å². The smallest absolute Gasteiger partial charge is 0.357 e. The number of hydrogen-bond donors (Lipinski definition) is 0. The van der Waals surface area contributed by atoms with Crippen LogP contribution in [0.1, 0.15) is 22.8 Å². The highest BCUT2D eigenvalue weighted by molar-refractivity contribution is 5.90. The van der Waals surface area contributed by atoms with E-state index in [4.69, 9.17) is 4.84 Å². The fourth-order valence-electron chi connectivity index (χ4n) is 1.87. The Labute approximate surface area is 109 Å². The standard InChI is InChI=1S/C13H15F2NO3/c1-2-9-5-3-4-6-10(9)13(17)19-16-11(14)7-18-8-12(16)15/h3-6,11-12H,2,7-8H2,1H3. The van der Waals surface area contributed by atoms with Crippen LogP contribution in [-0.2, 0) is 16.0 Å². The Kier molecular flexibility index (Phi) is 4.44. The molecule has 0 aliphatic carbocycles. The molecule has 0 N–H and O–H groups in total. The lowest BCUT2D eigenvalue weighted by Gasteiger charge is -2.31. The summed E-state index contributed by atoms with van der Waals surface area (Å²) in [6, 6.07) is 6.81. The van der Waals surface area contributed by atoms with Gasteiger partial charge < -0.3 is 9.57 Å². The van der Waals surface area contributed by atoms with Gasteiger partial charge >= 0.3 is 5.97 Å². The molecule has 0 bridgehead atoms. The summed E-state index contributed by atoms with van der Waals surface area (Å²) in [4.78, 5) is 16.8. The number of alkyl halides is 2. The first-order valence-corrected chi connectivity index (χ1v) is 6.08. The molecule has 19 heavy (non-hydrogen) atoms. The highest BCUT2D eigenvalue weighted by atomic mass is 19.2. The van der Waals surface area contributed by atoms with Crippen molar-refractivity contribution in [3.8, 4) is 0 Å². The number of carbonyl (C=O) groups excluding carboxylic acids is 1. The Morgan fingerprint density at radius 1 is 1.37 bits per heavy atom. The number of benzene rings is 1. The molecule has 0 spiro atoms. The van der Waals surface area contributed by atoms with Gasteiger partial charge in [-0.3, -0.25) is 0 Å². The van der Waals surface area contributed by atoms with Gasteiger partial charge in [0.25, 0.3) is 0 Å². The Morgan fingerprint density at radius 3 is 2.63 bits per heavy atom. The summed E-state index contributed by atoms with van der Waals surface area (Å²) >= 11 is 0. The van der Waals surface area contributed by atoms with Gasteiger partial charge in [0, 0.05) is 0 Å². The highest BCUT2D eigenvalue weighted by Gasteiger charge is 2.35. The van der Waals surface area contributed by atoms with E-state index in [1.165, 1.54) is 0 Å². The average molecular weight is 271 g/mol. The van der Waals surface area contributed by atoms with Crippen LogP contribution >= 0.6 is 0 Å². The van der Waals surface area contributed by atoms with Crippen LogP contribution in [0.2, 0.25) is 0 Å². The van der Waals surface area contributed by atoms with E-state index >= 15 is 0 Å². The zero-order valence-corrected chi connectivity index (χ0v) is 10.5. The summed E-state index contributed by atoms with van der Waals surface area (Å²) in [6.45, 7) is 1.25. The Balaban J connectivity index is 2.11. The molecular weight excluding hydrogens is 256 g/mol. The molecule has 2 rings (SSSR count). The van der Waals surface area contributed by atoms with Crippen molar-refractivity contribution in [3.63, 3.8) is 0 Å². The maximum Gasteiger partial charge on any atom is 0.357 e. The van der Waals surface area contributed by atoms with Crippen LogP contribution in [0.3, 0.4) is 0 Å². The summed E-state index contributed by atoms with van der Waals surface area (Å²) in [5, 5.41) is 0.415. The normalized spacial score (nSPS) is 24.2. The van der Waals surface area contributed by atoms with Crippen molar-refractivity contribution in [2.45, 2.75) is 25.9 Å². The van der Waals surface area contributed by atoms with E-state index in [-0.39, 0.29) is 13.2 Å². The minimum Gasteiger partial charge on any atom is -0.372 e. The zero-order chi connectivity index (χ0) is 13.8. The first kappa shape index (κ1) is 13.9. The largest absolute Gasteiger partial charge is 0.372 e. The molecule has 1 aromatic rings. The van der Waals surface area contributed by atoms with E-state index in [9.17, 15) is 13.6 Å². The molecule has 6 heteroatoms. The average Bonchev–Trinajstić information content (AvgIpc) is 2.42. The molecule has 104 valence electrons. The number of ether oxygens (including phenoxy) is 1. The van der Waals surface area contributed by atoms with Gasteiger partial charge in [-0.2, -0.15) is 0 Å². The van der Waals surface area contributed by atoms with E-state index < -0.39 is 18.6 Å². The van der Waals surface area contributed by atoms with Gasteiger partial charge in [0.2, 0.25) is 12.6 Å². The van der Waals surface area contributed by atoms with E-state index in [0.29, 0.717) is 17.0 Å². The Hall–Kier alpha value is -1.53. The Morgan fingerprint density at radius 2 is 2.00 bits per heavy atom. The second-order valence-corrected chi connectivity index (χ2v) is 4.16. The van der Waals surface area contributed by atoms with Crippen molar-refractivity contribution < 1.29 is 23.1 Å². The number of nitrogens with zero attached hydrogens (tertiary/aromatic N) is 1. The third-order valence-corrected chi connectivity index (χ3v) is 2.87. The van der Waals surface area contributed by atoms with Crippen LogP contribution < -0.4 is 0 Å². The fraction of sp³-hybridized carbons (Fsp3) is 0.462. The predicted octanol–water partition coefficient (Wildman–Crippen LogP) is 2.24. The van der Waals surface area contributed by atoms with E-state index in [1.54, 1.807) is 24.3 Å². The van der Waals surface area contributed by atoms with E-state index in [1.807, 2.05) is 6.92 Å². The van der Waals surface area contributed by atoms with Crippen LogP contribution in [0.15, 0.2) is 24.3 Å². The molecule has 1 fully saturated rings. The van der Waals surface area contributed by atoms with Gasteiger partial charge in [0.1, 0.15) is 0 Å². The third kappa shape index (κ3) is 3.08. The molecule has 1 heterocycles. The Bertz CT molecular complexity index is 445. The summed E-state index contributed by atoms with van der Waals surface area (Å²) in [5.41, 5.74) is 1.09. The second-order valence-electron chi connectivity index (χ2n) is 4.16. The molecule has 0 amide bonds. The second kappa shape index (κ2) is 6.08. The van der Waals surface area contributed by atoms with Crippen molar-refractivity contribution in [3.05, 3.63) is 35.4 Å². The summed E-state index contributed by atoms with van der Waals surface area (Å²) in [5.74, 6) is -0.760. The van der Waals surface area contributed by atoms with Crippen LogP contribution in [0.5, 0.6) is 0 Å². The molecule has 4 nitrogen and oxygen atoms in total. The van der Waals surface area contributed by atoms with Crippen LogP contribution in [0.25, 0.3) is 0 Å². The number of hydroxylamine groups is 2. The third-order valence-electron chi connectivity index (χ3n) is 2.87. The molecule has 2 unspecified atom stereocenters. The van der Waals surface area contributed by atoms with Gasteiger partial charge in [0.05, 0.1) is 18.8 Å². The van der Waals surface area contributed by atoms with Crippen LogP contribution in [-0.4, -0.2) is 36.8 Å². The number of carbonyl (C=O) groups is 1. The van der Waals surface area contributed by atoms with E-state index in [2.05, 4.69) is 4.74 Å². The SMILES string of the molecule is CCc1ccccc1C(=O)ON1C(F)COCC1F. The van der Waals surface area contributed by atoms with Gasteiger partial charge in [-0.15, -0.1) is 0 Å². The minimum atomic E-state index is -1.79. The number of rotatable bonds is 3. The maximum atomic E-state index is 13.4. The summed E-state index contributed by atoms with van der Waals surface area (Å²) in [6.07, 6.45) is -2.95. The van der Waals surface area contributed by atoms with Crippen LogP contribution in [0.4, 0.5) is 8.78 Å². The lowest BCUT2D eigenvalue weighted by Crippen LogP contribution is -2.49. The van der Waals surface area contributed by atoms with Gasteiger partial charge in [-0.25, -0.2) is 13.6 Å². The lowest BCUT2D eigenvalue weighted by molar-refractivity contribution is -0.276. The first-order valence-electron chi connectivity index (χ1n) is 6.08. The van der Waals surface area contributed by atoms with Gasteiger partial charge in [-0.05, 0) is 18.1 Å². The van der Waals surface area contributed by atoms with Gasteiger partial charge in [-0.1, -0.05) is 30.2 Å². The lowest BCUT2D eigenvalue weighted by atomic mass is 10.1. The fourth-order valence-corrected chi connectivity index (χ4v) is 1.87. The van der Waals surface area contributed by atoms with Crippen molar-refractivity contribution in [1.29, 1.82) is 0 Å². The molecule has 1 aliphatic rings. The quantitative estimate of drug-likeness (QED) is 0.790. The number of hydrogen-bond acceptors (Lipinski definition) is 4. The molecule has 0 radical (unpaired) electrons. The first-order chi connectivity index (χ1) is 9.13. The molecule has 1 aromatic carbocycles. The monoisotopic (exact) mass is 271 g/mol. The van der Waals surface area contributed by atoms with E-state index in [0.717, 1.165) is 5.56 Å². The number of aryl methyl sites for hydroxylation is 1. The molecule has 1 saturated heterocycles. The molecule has 2 atom stereocenters. The predicted molar refractivity (Wildman–Crippen MR) is 63.7 cm³/mol. The van der Waals surface area contributed by atoms with Crippen molar-refractivity contribution in [2.24, 2.45) is 0 Å². The minimum absolute atomic E-state index is 0.316. The zero-order valence-electron chi connectivity index (χ0n) is 10.5. The molecule has 0 aromatic heterocycles. The van der Waals surface area contributed by atoms with Crippen molar-refractivity contribution >= 4 is 5.97 Å². The summed E-state index contributed by atoms with van der Waals surface area (Å²) in [7, 11) is 0. The molecule has 0 saturated carbocycles.